The van der Waals surface area contributed by atoms with E-state index in [0.29, 0.717) is 0 Å². The Bertz CT molecular complexity index is 1410. The van der Waals surface area contributed by atoms with E-state index in [1.807, 2.05) is 0 Å². The Morgan fingerprint density at radius 1 is 0.521 bits per heavy atom. The molecule has 3 rings (SSSR count). The smallest absolute Gasteiger partial charge is 0.408 e. The fourth-order valence-electron chi connectivity index (χ4n) is 5.95. The fraction of sp³-hybridized carbons (Fsp3) is 0.591. The van der Waals surface area contributed by atoms with Gasteiger partial charge in [0.05, 0.1) is 0 Å². The van der Waals surface area contributed by atoms with E-state index in [2.05, 4.69) is 152 Å². The predicted molar refractivity (Wildman–Crippen MR) is 209 cm³/mol. The number of para-hydroxylation sites is 1. The summed E-state index contributed by atoms with van der Waals surface area (Å²) < 4.78 is 21.0. The third-order valence-corrected chi connectivity index (χ3v) is 10.2. The Hall–Kier alpha value is -2.51. The highest BCUT2D eigenvalue weighted by molar-refractivity contribution is 7.43. The molecule has 3 nitrogen and oxygen atoms in total. The van der Waals surface area contributed by atoms with E-state index >= 15 is 0 Å². The zero-order valence-corrected chi connectivity index (χ0v) is 34.1. The van der Waals surface area contributed by atoms with Gasteiger partial charge in [-0.25, -0.2) is 0 Å². The van der Waals surface area contributed by atoms with E-state index < -0.39 is 8.60 Å². The van der Waals surface area contributed by atoms with Gasteiger partial charge in [0.2, 0.25) is 0 Å². The minimum atomic E-state index is -1.87. The van der Waals surface area contributed by atoms with Crippen molar-refractivity contribution in [2.24, 2.45) is 0 Å². The molecular formula is C44H67O3P. The van der Waals surface area contributed by atoms with Crippen LogP contribution >= 0.6 is 8.60 Å². The summed E-state index contributed by atoms with van der Waals surface area (Å²) in [6.07, 6.45) is 8.54. The van der Waals surface area contributed by atoms with Crippen molar-refractivity contribution in [1.82, 2.24) is 0 Å². The van der Waals surface area contributed by atoms with Crippen LogP contribution in [0.15, 0.2) is 48.5 Å². The monoisotopic (exact) mass is 674 g/mol. The molecule has 0 fully saturated rings. The molecule has 0 aliphatic carbocycles. The van der Waals surface area contributed by atoms with Crippen molar-refractivity contribution in [3.05, 3.63) is 87.5 Å². The molecular weight excluding hydrogens is 607 g/mol. The molecule has 0 radical (unpaired) electrons. The van der Waals surface area contributed by atoms with Crippen molar-refractivity contribution >= 4 is 8.60 Å². The summed E-state index contributed by atoms with van der Waals surface area (Å²) >= 11 is 0. The van der Waals surface area contributed by atoms with Gasteiger partial charge in [-0.05, 0) is 82.2 Å². The van der Waals surface area contributed by atoms with Crippen molar-refractivity contribution < 1.29 is 13.6 Å². The summed E-state index contributed by atoms with van der Waals surface area (Å²) in [5.74, 6) is 2.56. The number of rotatable bonds is 13. The van der Waals surface area contributed by atoms with Gasteiger partial charge in [-0.3, -0.25) is 0 Å². The molecule has 0 unspecified atom stereocenters. The molecule has 0 aromatic heterocycles. The minimum absolute atomic E-state index is 0.0179. The number of hydrogen-bond acceptors (Lipinski definition) is 3. The second kappa shape index (κ2) is 16.0. The minimum Gasteiger partial charge on any atom is -0.408 e. The molecule has 0 spiro atoms. The van der Waals surface area contributed by atoms with E-state index in [9.17, 15) is 0 Å². The van der Waals surface area contributed by atoms with Gasteiger partial charge in [-0.1, -0.05) is 165 Å². The third-order valence-electron chi connectivity index (χ3n) is 9.17. The molecule has 0 N–H and O–H groups in total. The normalized spacial score (nSPS) is 12.8. The Morgan fingerprint density at radius 3 is 1.40 bits per heavy atom. The van der Waals surface area contributed by atoms with E-state index in [1.165, 1.54) is 59.9 Å². The molecule has 0 bridgehead atoms. The number of aryl methyl sites for hydroxylation is 3. The van der Waals surface area contributed by atoms with E-state index in [0.717, 1.165) is 41.2 Å². The lowest BCUT2D eigenvalue weighted by Crippen LogP contribution is -2.20. The average Bonchev–Trinajstić information content (AvgIpc) is 2.95. The van der Waals surface area contributed by atoms with E-state index in [-0.39, 0.29) is 21.7 Å². The summed E-state index contributed by atoms with van der Waals surface area (Å²) in [6, 6.07) is 17.6. The maximum Gasteiger partial charge on any atom is 0.530 e. The third kappa shape index (κ3) is 11.0. The van der Waals surface area contributed by atoms with Gasteiger partial charge >= 0.3 is 8.60 Å². The maximum absolute atomic E-state index is 7.04. The Kier molecular flexibility index (Phi) is 13.3. The van der Waals surface area contributed by atoms with Crippen LogP contribution in [0.4, 0.5) is 0 Å². The first-order valence-corrected chi connectivity index (χ1v) is 19.5. The van der Waals surface area contributed by atoms with Gasteiger partial charge in [0.1, 0.15) is 17.2 Å². The summed E-state index contributed by atoms with van der Waals surface area (Å²) in [6.45, 7) is 33.8. The number of unbranched alkanes of at least 4 members (excludes halogenated alkanes) is 5. The number of benzene rings is 3. The summed E-state index contributed by atoms with van der Waals surface area (Å²) in [7, 11) is -1.87. The van der Waals surface area contributed by atoms with Gasteiger partial charge in [0, 0.05) is 11.1 Å². The molecule has 0 saturated heterocycles. The fourth-order valence-corrected chi connectivity index (χ4v) is 7.18. The molecule has 3 aromatic carbocycles. The molecule has 0 heterocycles. The predicted octanol–water partition coefficient (Wildman–Crippen LogP) is 14.2. The molecule has 0 aliphatic heterocycles. The van der Waals surface area contributed by atoms with Crippen LogP contribution in [-0.2, 0) is 28.1 Å². The van der Waals surface area contributed by atoms with Crippen LogP contribution < -0.4 is 13.6 Å². The molecule has 4 heteroatoms. The Labute approximate surface area is 296 Å². The van der Waals surface area contributed by atoms with Gasteiger partial charge in [-0.15, -0.1) is 0 Å². The second-order valence-electron chi connectivity index (χ2n) is 18.0. The van der Waals surface area contributed by atoms with Crippen LogP contribution in [0.1, 0.15) is 167 Å². The Morgan fingerprint density at radius 2 is 0.958 bits per heavy atom. The maximum atomic E-state index is 7.04. The highest BCUT2D eigenvalue weighted by Gasteiger charge is 2.32. The lowest BCUT2D eigenvalue weighted by molar-refractivity contribution is 0.372. The molecule has 0 amide bonds. The average molecular weight is 675 g/mol. The highest BCUT2D eigenvalue weighted by atomic mass is 31.2. The highest BCUT2D eigenvalue weighted by Crippen LogP contribution is 2.51. The van der Waals surface area contributed by atoms with Gasteiger partial charge < -0.3 is 13.6 Å². The standard InChI is InChI=1S/C44H67O3P/c1-16-17-18-19-20-21-24-33-25-22-23-26-38(33)45-48(46-39-31(2)27-34(41(4,5)6)29-36(39)43(10,11)12)47-40-32(3)28-35(42(7,8)9)30-37(40)44(13,14)15/h22-23,25-30H,16-21,24H2,1-15H3. The van der Waals surface area contributed by atoms with Crippen LogP contribution in [0.5, 0.6) is 17.2 Å². The first-order chi connectivity index (χ1) is 22.1. The summed E-state index contributed by atoms with van der Waals surface area (Å²) in [5.41, 5.74) is 8.11. The topological polar surface area (TPSA) is 27.7 Å². The van der Waals surface area contributed by atoms with Crippen LogP contribution in [-0.4, -0.2) is 0 Å². The van der Waals surface area contributed by atoms with Crippen LogP contribution in [0.3, 0.4) is 0 Å². The zero-order valence-electron chi connectivity index (χ0n) is 33.2. The quantitative estimate of drug-likeness (QED) is 0.133. The lowest BCUT2D eigenvalue weighted by Gasteiger charge is -2.31. The SMILES string of the molecule is CCCCCCCCc1ccccc1OP(Oc1c(C)cc(C(C)(C)C)cc1C(C)(C)C)Oc1c(C)cc(C(C)(C)C)cc1C(C)(C)C. The first kappa shape index (κ1) is 39.9. The first-order valence-electron chi connectivity index (χ1n) is 18.4. The molecule has 0 atom stereocenters. The van der Waals surface area contributed by atoms with E-state index in [1.54, 1.807) is 0 Å². The molecule has 266 valence electrons. The van der Waals surface area contributed by atoms with Crippen molar-refractivity contribution in [2.75, 3.05) is 0 Å². The zero-order chi connectivity index (χ0) is 36.1. The molecule has 0 saturated carbocycles. The van der Waals surface area contributed by atoms with Crippen molar-refractivity contribution in [3.8, 4) is 17.2 Å². The summed E-state index contributed by atoms with van der Waals surface area (Å²) in [5, 5.41) is 0. The second-order valence-corrected chi connectivity index (χ2v) is 19.0. The largest absolute Gasteiger partial charge is 0.530 e. The van der Waals surface area contributed by atoms with Crippen molar-refractivity contribution in [3.63, 3.8) is 0 Å². The summed E-state index contributed by atoms with van der Waals surface area (Å²) in [4.78, 5) is 0. The number of hydrogen-bond donors (Lipinski definition) is 0. The molecule has 48 heavy (non-hydrogen) atoms. The van der Waals surface area contributed by atoms with Crippen LogP contribution in [0.25, 0.3) is 0 Å². The van der Waals surface area contributed by atoms with Gasteiger partial charge in [-0.2, -0.15) is 0 Å². The van der Waals surface area contributed by atoms with E-state index in [4.69, 9.17) is 13.6 Å². The van der Waals surface area contributed by atoms with Crippen molar-refractivity contribution in [1.29, 1.82) is 0 Å². The van der Waals surface area contributed by atoms with Crippen LogP contribution in [0.2, 0.25) is 0 Å². The Balaban J connectivity index is 2.14. The van der Waals surface area contributed by atoms with Crippen LogP contribution in [0, 0.1) is 13.8 Å². The van der Waals surface area contributed by atoms with Crippen molar-refractivity contribution in [2.45, 2.75) is 170 Å². The van der Waals surface area contributed by atoms with Gasteiger partial charge in [0.15, 0.2) is 0 Å². The molecule has 3 aromatic rings. The van der Waals surface area contributed by atoms with Gasteiger partial charge in [0.25, 0.3) is 0 Å². The molecule has 0 aliphatic rings. The lowest BCUT2D eigenvalue weighted by atomic mass is 9.79.